The zero-order valence-electron chi connectivity index (χ0n) is 22.8. The van der Waals surface area contributed by atoms with E-state index in [4.69, 9.17) is 0 Å². The molecule has 0 nitrogen and oxygen atoms in total. The van der Waals surface area contributed by atoms with Crippen LogP contribution in [0.4, 0.5) is 17.6 Å². The molecule has 4 aromatic rings. The first kappa shape index (κ1) is 27.5. The van der Waals surface area contributed by atoms with Gasteiger partial charge in [0.25, 0.3) is 0 Å². The van der Waals surface area contributed by atoms with Crippen LogP contribution >= 0.6 is 23.5 Å². The van der Waals surface area contributed by atoms with Gasteiger partial charge in [-0.25, -0.2) is 17.6 Å². The second kappa shape index (κ2) is 10.6. The highest BCUT2D eigenvalue weighted by Crippen LogP contribution is 2.50. The maximum atomic E-state index is 16.4. The molecule has 0 unspecified atom stereocenters. The average molecular weight is 579 g/mol. The van der Waals surface area contributed by atoms with Gasteiger partial charge in [0, 0.05) is 55.4 Å². The van der Waals surface area contributed by atoms with Crippen molar-refractivity contribution in [3.63, 3.8) is 0 Å². The van der Waals surface area contributed by atoms with Crippen molar-refractivity contribution in [3.05, 3.63) is 117 Å². The van der Waals surface area contributed by atoms with Gasteiger partial charge >= 0.3 is 0 Å². The van der Waals surface area contributed by atoms with Gasteiger partial charge in [-0.05, 0) is 46.2 Å². The third-order valence-electron chi connectivity index (χ3n) is 8.24. The van der Waals surface area contributed by atoms with Crippen molar-refractivity contribution in [1.82, 2.24) is 0 Å². The van der Waals surface area contributed by atoms with Crippen molar-refractivity contribution in [1.29, 1.82) is 0 Å². The first-order valence-electron chi connectivity index (χ1n) is 13.6. The van der Waals surface area contributed by atoms with Crippen LogP contribution in [0, 0.1) is 35.1 Å². The zero-order chi connectivity index (χ0) is 28.3. The minimum absolute atomic E-state index is 0.110. The smallest absolute Gasteiger partial charge is 0.144 e. The van der Waals surface area contributed by atoms with Crippen molar-refractivity contribution in [3.8, 4) is 11.1 Å². The molecule has 0 fully saturated rings. The summed E-state index contributed by atoms with van der Waals surface area (Å²) in [4.78, 5) is 1.00. The molecule has 2 heterocycles. The van der Waals surface area contributed by atoms with Gasteiger partial charge in [-0.2, -0.15) is 0 Å². The lowest BCUT2D eigenvalue weighted by molar-refractivity contribution is 0.532. The van der Waals surface area contributed by atoms with Crippen LogP contribution in [0.15, 0.2) is 70.5 Å². The highest BCUT2D eigenvalue weighted by Gasteiger charge is 2.33. The second-order valence-electron chi connectivity index (χ2n) is 11.3. The molecule has 2 aliphatic rings. The molecule has 6 heteroatoms. The fraction of sp³-hybridized carbons (Fsp3) is 0.294. The molecule has 0 saturated heterocycles. The number of halogens is 4. The van der Waals surface area contributed by atoms with Crippen LogP contribution in [0.3, 0.4) is 0 Å². The maximum absolute atomic E-state index is 16.4. The van der Waals surface area contributed by atoms with Crippen LogP contribution in [0.5, 0.6) is 0 Å². The van der Waals surface area contributed by atoms with Gasteiger partial charge < -0.3 is 0 Å². The summed E-state index contributed by atoms with van der Waals surface area (Å²) in [6.45, 7) is 8.22. The van der Waals surface area contributed by atoms with Crippen molar-refractivity contribution in [2.24, 2.45) is 11.8 Å². The van der Waals surface area contributed by atoms with Crippen LogP contribution < -0.4 is 0 Å². The number of rotatable bonds is 3. The molecule has 0 aromatic heterocycles. The Labute approximate surface area is 241 Å². The number of benzene rings is 4. The summed E-state index contributed by atoms with van der Waals surface area (Å²) in [5, 5.41) is 0. The molecule has 0 N–H and O–H groups in total. The Morgan fingerprint density at radius 3 is 1.73 bits per heavy atom. The first-order valence-corrected chi connectivity index (χ1v) is 15.6. The van der Waals surface area contributed by atoms with Gasteiger partial charge in [0.2, 0.25) is 0 Å². The quantitative estimate of drug-likeness (QED) is 0.222. The number of hydrogen-bond acceptors (Lipinski definition) is 2. The van der Waals surface area contributed by atoms with E-state index in [0.29, 0.717) is 26.7 Å². The molecule has 0 radical (unpaired) electrons. The standard InChI is InChI=1S/C34H30F4S2/c1-17(2)29-19-7-5-9-27(35)25(19)15-40-34-24(29)14-13-22(32(34)38)21-12-11-20-26(31(21)37)16-39-33-23(30(20)18(3)4)8-6-10-28(33)36/h5-14,17-18,29-30H,15-16H2,1-4H3/t29-,30+/m0/s1. The third-order valence-corrected chi connectivity index (χ3v) is 10.5. The average Bonchev–Trinajstić information content (AvgIpc) is 3.19. The molecule has 0 amide bonds. The minimum Gasteiger partial charge on any atom is -0.207 e. The van der Waals surface area contributed by atoms with E-state index in [1.807, 2.05) is 24.3 Å². The third kappa shape index (κ3) is 4.39. The lowest BCUT2D eigenvalue weighted by Crippen LogP contribution is -2.13. The minimum atomic E-state index is -0.476. The van der Waals surface area contributed by atoms with E-state index >= 15 is 8.78 Å². The predicted octanol–water partition coefficient (Wildman–Crippen LogP) is 10.7. The normalized spacial score (nSPS) is 18.1. The number of hydrogen-bond donors (Lipinski definition) is 0. The van der Waals surface area contributed by atoms with E-state index in [-0.39, 0.29) is 52.2 Å². The van der Waals surface area contributed by atoms with E-state index < -0.39 is 11.6 Å². The lowest BCUT2D eigenvalue weighted by atomic mass is 9.79. The van der Waals surface area contributed by atoms with Crippen LogP contribution in [0.1, 0.15) is 72.9 Å². The summed E-state index contributed by atoms with van der Waals surface area (Å²) in [5.41, 5.74) is 4.86. The van der Waals surface area contributed by atoms with Gasteiger partial charge in [0.15, 0.2) is 0 Å². The summed E-state index contributed by atoms with van der Waals surface area (Å²) >= 11 is 2.57. The summed E-state index contributed by atoms with van der Waals surface area (Å²) in [5.74, 6) is -1.08. The maximum Gasteiger partial charge on any atom is 0.144 e. The molecule has 6 rings (SSSR count). The number of fused-ring (bicyclic) bond motifs is 4. The van der Waals surface area contributed by atoms with Gasteiger partial charge in [-0.1, -0.05) is 76.2 Å². The lowest BCUT2D eigenvalue weighted by Gasteiger charge is -2.25. The molecule has 2 atom stereocenters. The van der Waals surface area contributed by atoms with E-state index in [1.54, 1.807) is 24.3 Å². The predicted molar refractivity (Wildman–Crippen MR) is 157 cm³/mol. The number of thioether (sulfide) groups is 2. The molecule has 4 aromatic carbocycles. The molecule has 0 spiro atoms. The Kier molecular flexibility index (Phi) is 7.28. The molecular formula is C34H30F4S2. The molecular weight excluding hydrogens is 549 g/mol. The molecule has 0 aliphatic carbocycles. The molecule has 0 bridgehead atoms. The molecule has 2 aliphatic heterocycles. The Morgan fingerprint density at radius 1 is 0.550 bits per heavy atom. The highest BCUT2D eigenvalue weighted by molar-refractivity contribution is 7.98. The largest absolute Gasteiger partial charge is 0.207 e. The van der Waals surface area contributed by atoms with Crippen molar-refractivity contribution in [2.75, 3.05) is 0 Å². The fourth-order valence-electron chi connectivity index (χ4n) is 6.45. The topological polar surface area (TPSA) is 0 Å². The zero-order valence-corrected chi connectivity index (χ0v) is 24.5. The van der Waals surface area contributed by atoms with Crippen molar-refractivity contribution in [2.45, 2.75) is 60.8 Å². The van der Waals surface area contributed by atoms with E-state index in [9.17, 15) is 8.78 Å². The first-order chi connectivity index (χ1) is 19.2. The summed E-state index contributed by atoms with van der Waals surface area (Å²) < 4.78 is 62.5. The summed E-state index contributed by atoms with van der Waals surface area (Å²) in [7, 11) is 0. The Hall–Kier alpha value is -2.70. The van der Waals surface area contributed by atoms with Gasteiger partial charge in [-0.15, -0.1) is 23.5 Å². The Balaban J connectivity index is 1.49. The van der Waals surface area contributed by atoms with E-state index in [1.165, 1.54) is 35.7 Å². The van der Waals surface area contributed by atoms with Gasteiger partial charge in [0.1, 0.15) is 23.3 Å². The van der Waals surface area contributed by atoms with Gasteiger partial charge in [-0.3, -0.25) is 0 Å². The fourth-order valence-corrected chi connectivity index (χ4v) is 8.80. The SMILES string of the molecule is CC(C)[C@@H]1c2ccc(-c3ccc4c(c3F)SCc3c(F)cccc3[C@@H]4C(C)C)c(F)c2CSc2c(F)cccc21. The summed E-state index contributed by atoms with van der Waals surface area (Å²) in [6, 6.07) is 17.3. The molecule has 206 valence electrons. The van der Waals surface area contributed by atoms with Crippen molar-refractivity contribution < 1.29 is 17.6 Å². The second-order valence-corrected chi connectivity index (χ2v) is 13.3. The monoisotopic (exact) mass is 578 g/mol. The van der Waals surface area contributed by atoms with Crippen LogP contribution in [0.2, 0.25) is 0 Å². The highest BCUT2D eigenvalue weighted by atomic mass is 32.2. The Morgan fingerprint density at radius 2 is 1.05 bits per heavy atom. The van der Waals surface area contributed by atoms with Crippen molar-refractivity contribution >= 4 is 23.5 Å². The van der Waals surface area contributed by atoms with Crippen LogP contribution in [0.25, 0.3) is 11.1 Å². The van der Waals surface area contributed by atoms with E-state index in [0.717, 1.165) is 22.3 Å². The van der Waals surface area contributed by atoms with E-state index in [2.05, 4.69) is 27.7 Å². The van der Waals surface area contributed by atoms with Gasteiger partial charge in [0.05, 0.1) is 0 Å². The Bertz CT molecular complexity index is 1500. The molecule has 0 saturated carbocycles. The molecule has 40 heavy (non-hydrogen) atoms. The summed E-state index contributed by atoms with van der Waals surface area (Å²) in [6.07, 6.45) is 0. The van der Waals surface area contributed by atoms with Crippen LogP contribution in [-0.4, -0.2) is 0 Å². The van der Waals surface area contributed by atoms with Crippen LogP contribution in [-0.2, 0) is 11.5 Å².